The van der Waals surface area contributed by atoms with Crippen LogP contribution < -0.4 is 5.32 Å². The first-order valence-corrected chi connectivity index (χ1v) is 10.0. The van der Waals surface area contributed by atoms with Crippen molar-refractivity contribution in [3.8, 4) is 5.69 Å². The summed E-state index contributed by atoms with van der Waals surface area (Å²) in [7, 11) is 0. The Morgan fingerprint density at radius 3 is 2.41 bits per heavy atom. The number of rotatable bonds is 5. The fraction of sp³-hybridized carbons (Fsp3) is 0.500. The van der Waals surface area contributed by atoms with E-state index in [2.05, 4.69) is 5.32 Å². The van der Waals surface area contributed by atoms with Gasteiger partial charge >= 0.3 is 0 Å². The Kier molecular flexibility index (Phi) is 5.04. The number of benzene rings is 1. The van der Waals surface area contributed by atoms with E-state index in [-0.39, 0.29) is 11.7 Å². The number of nitrogens with zero attached hydrogens (tertiary/aromatic N) is 2. The molecule has 0 radical (unpaired) electrons. The van der Waals surface area contributed by atoms with Crippen molar-refractivity contribution >= 4 is 5.91 Å². The number of halogens is 1. The third-order valence-corrected chi connectivity index (χ3v) is 5.92. The first-order valence-electron chi connectivity index (χ1n) is 10.0. The number of likely N-dealkylation sites (tertiary alicyclic amines) is 1. The molecule has 2 aromatic rings. The highest BCUT2D eigenvalue weighted by molar-refractivity contribution is 5.96. The van der Waals surface area contributed by atoms with Crippen molar-refractivity contribution in [2.45, 2.75) is 45.6 Å². The molecular weight excluding hydrogens is 341 g/mol. The van der Waals surface area contributed by atoms with Crippen LogP contribution in [0, 0.1) is 25.6 Å². The maximum Gasteiger partial charge on any atom is 0.255 e. The highest BCUT2D eigenvalue weighted by Crippen LogP contribution is 2.28. The van der Waals surface area contributed by atoms with Crippen LogP contribution in [0.1, 0.15) is 47.4 Å². The summed E-state index contributed by atoms with van der Waals surface area (Å²) in [4.78, 5) is 15.1. The Balaban J connectivity index is 1.44. The average Bonchev–Trinajstić information content (AvgIpc) is 3.45. The number of nitrogens with one attached hydrogen (secondary N) is 1. The van der Waals surface area contributed by atoms with Gasteiger partial charge in [0, 0.05) is 36.2 Å². The summed E-state index contributed by atoms with van der Waals surface area (Å²) in [6.07, 6.45) is 4.78. The molecule has 1 aromatic heterocycles. The lowest BCUT2D eigenvalue weighted by Crippen LogP contribution is -2.45. The Hall–Kier alpha value is -2.14. The maximum absolute atomic E-state index is 13.2. The van der Waals surface area contributed by atoms with Crippen LogP contribution in [0.5, 0.6) is 0 Å². The molecule has 0 bridgehead atoms. The van der Waals surface area contributed by atoms with Gasteiger partial charge in [-0.25, -0.2) is 4.39 Å². The minimum Gasteiger partial charge on any atom is -0.338 e. The fourth-order valence-electron chi connectivity index (χ4n) is 4.08. The normalized spacial score (nSPS) is 18.1. The number of hydrogen-bond acceptors (Lipinski definition) is 2. The van der Waals surface area contributed by atoms with Crippen molar-refractivity contribution in [2.75, 3.05) is 19.6 Å². The Bertz CT molecular complexity index is 815. The van der Waals surface area contributed by atoms with Crippen molar-refractivity contribution in [3.63, 3.8) is 0 Å². The van der Waals surface area contributed by atoms with Crippen molar-refractivity contribution in [2.24, 2.45) is 5.92 Å². The van der Waals surface area contributed by atoms with Gasteiger partial charge in [0.05, 0.1) is 5.56 Å². The summed E-state index contributed by atoms with van der Waals surface area (Å²) in [5.41, 5.74) is 3.54. The van der Waals surface area contributed by atoms with Gasteiger partial charge in [0.15, 0.2) is 0 Å². The average molecular weight is 369 g/mol. The lowest BCUT2D eigenvalue weighted by Gasteiger charge is -2.32. The molecular formula is C22H28FN3O. The van der Waals surface area contributed by atoms with Crippen LogP contribution in [0.25, 0.3) is 5.69 Å². The van der Waals surface area contributed by atoms with Gasteiger partial charge in [-0.1, -0.05) is 0 Å². The van der Waals surface area contributed by atoms with Crippen LogP contribution in [-0.2, 0) is 0 Å². The van der Waals surface area contributed by atoms with Gasteiger partial charge in [-0.2, -0.15) is 0 Å². The van der Waals surface area contributed by atoms with Crippen LogP contribution in [-0.4, -0.2) is 41.1 Å². The summed E-state index contributed by atoms with van der Waals surface area (Å²) in [5.74, 6) is 0.745. The van der Waals surface area contributed by atoms with Gasteiger partial charge in [0.25, 0.3) is 5.91 Å². The molecule has 1 aromatic carbocycles. The molecule has 2 aliphatic rings. The first kappa shape index (κ1) is 18.2. The summed E-state index contributed by atoms with van der Waals surface area (Å²) in [6.45, 7) is 6.70. The number of carbonyl (C=O) groups is 1. The van der Waals surface area contributed by atoms with Gasteiger partial charge in [-0.3, -0.25) is 4.79 Å². The molecule has 1 aliphatic heterocycles. The molecule has 1 saturated carbocycles. The Labute approximate surface area is 160 Å². The van der Waals surface area contributed by atoms with Gasteiger partial charge in [0.1, 0.15) is 5.82 Å². The number of amides is 1. The van der Waals surface area contributed by atoms with Crippen molar-refractivity contribution in [3.05, 3.63) is 53.1 Å². The second-order valence-corrected chi connectivity index (χ2v) is 8.01. The van der Waals surface area contributed by atoms with E-state index in [9.17, 15) is 9.18 Å². The highest BCUT2D eigenvalue weighted by Gasteiger charge is 2.28. The fourth-order valence-corrected chi connectivity index (χ4v) is 4.08. The topological polar surface area (TPSA) is 37.3 Å². The minimum atomic E-state index is -0.254. The molecule has 4 rings (SSSR count). The lowest BCUT2D eigenvalue weighted by atomic mass is 10.0. The second kappa shape index (κ2) is 7.47. The quantitative estimate of drug-likeness (QED) is 0.870. The monoisotopic (exact) mass is 369 g/mol. The number of piperidine rings is 1. The highest BCUT2D eigenvalue weighted by atomic mass is 19.1. The molecule has 1 saturated heterocycles. The second-order valence-electron chi connectivity index (χ2n) is 8.01. The third kappa shape index (κ3) is 3.93. The number of aryl methyl sites for hydroxylation is 1. The van der Waals surface area contributed by atoms with E-state index in [0.717, 1.165) is 61.0 Å². The zero-order valence-electron chi connectivity index (χ0n) is 16.2. The van der Waals surface area contributed by atoms with Gasteiger partial charge in [0.2, 0.25) is 0 Å². The van der Waals surface area contributed by atoms with Crippen molar-refractivity contribution < 1.29 is 9.18 Å². The Morgan fingerprint density at radius 2 is 1.78 bits per heavy atom. The van der Waals surface area contributed by atoms with E-state index in [1.165, 1.54) is 25.0 Å². The summed E-state index contributed by atoms with van der Waals surface area (Å²) < 4.78 is 15.3. The molecule has 2 fully saturated rings. The molecule has 0 unspecified atom stereocenters. The number of carbonyl (C=O) groups excluding carboxylic acids is 1. The van der Waals surface area contributed by atoms with Crippen molar-refractivity contribution in [1.29, 1.82) is 0 Å². The molecule has 1 amide bonds. The standard InChI is InChI=1S/C22H28FN3O/c1-15-13-21(16(2)26(15)20-7-5-18(23)6-8-20)22(27)25-11-9-19(10-12-25)24-14-17-3-4-17/h5-8,13,17,19,24H,3-4,9-12,14H2,1-2H3. The van der Waals surface area contributed by atoms with Gasteiger partial charge in [-0.15, -0.1) is 0 Å². The lowest BCUT2D eigenvalue weighted by molar-refractivity contribution is 0.0704. The van der Waals surface area contributed by atoms with Crippen molar-refractivity contribution in [1.82, 2.24) is 14.8 Å². The molecule has 2 heterocycles. The first-order chi connectivity index (χ1) is 13.0. The molecule has 5 heteroatoms. The van der Waals surface area contributed by atoms with Crippen LogP contribution in [0.4, 0.5) is 4.39 Å². The molecule has 0 atom stereocenters. The molecule has 4 nitrogen and oxygen atoms in total. The van der Waals surface area contributed by atoms with E-state index in [1.807, 2.05) is 29.4 Å². The van der Waals surface area contributed by atoms with Gasteiger partial charge in [-0.05, 0) is 82.3 Å². The number of aromatic nitrogens is 1. The maximum atomic E-state index is 13.2. The van der Waals surface area contributed by atoms with Crippen LogP contribution in [0.2, 0.25) is 0 Å². The number of hydrogen-bond donors (Lipinski definition) is 1. The van der Waals surface area contributed by atoms with Crippen LogP contribution in [0.3, 0.4) is 0 Å². The summed E-state index contributed by atoms with van der Waals surface area (Å²) in [6, 6.07) is 8.91. The summed E-state index contributed by atoms with van der Waals surface area (Å²) >= 11 is 0. The van der Waals surface area contributed by atoms with E-state index >= 15 is 0 Å². The SMILES string of the molecule is Cc1cc(C(=O)N2CCC(NCC3CC3)CC2)c(C)n1-c1ccc(F)cc1. The molecule has 1 aliphatic carbocycles. The zero-order valence-corrected chi connectivity index (χ0v) is 16.2. The van der Waals surface area contributed by atoms with E-state index < -0.39 is 0 Å². The third-order valence-electron chi connectivity index (χ3n) is 5.92. The van der Waals surface area contributed by atoms with E-state index in [0.29, 0.717) is 6.04 Å². The molecule has 1 N–H and O–H groups in total. The smallest absolute Gasteiger partial charge is 0.255 e. The van der Waals surface area contributed by atoms with Crippen LogP contribution >= 0.6 is 0 Å². The molecule has 144 valence electrons. The molecule has 0 spiro atoms. The van der Waals surface area contributed by atoms with Crippen LogP contribution in [0.15, 0.2) is 30.3 Å². The minimum absolute atomic E-state index is 0.108. The zero-order chi connectivity index (χ0) is 19.0. The summed E-state index contributed by atoms with van der Waals surface area (Å²) in [5, 5.41) is 3.66. The predicted molar refractivity (Wildman–Crippen MR) is 105 cm³/mol. The van der Waals surface area contributed by atoms with Gasteiger partial charge < -0.3 is 14.8 Å². The Morgan fingerprint density at radius 1 is 1.11 bits per heavy atom. The molecule has 27 heavy (non-hydrogen) atoms. The predicted octanol–water partition coefficient (Wildman–Crippen LogP) is 3.84. The van der Waals surface area contributed by atoms with E-state index in [4.69, 9.17) is 0 Å². The van der Waals surface area contributed by atoms with E-state index in [1.54, 1.807) is 12.1 Å². The largest absolute Gasteiger partial charge is 0.338 e.